The highest BCUT2D eigenvalue weighted by atomic mass is 32.1. The maximum absolute atomic E-state index is 13.3. The molecule has 0 atom stereocenters. The summed E-state index contributed by atoms with van der Waals surface area (Å²) in [6, 6.07) is 14.1. The molecule has 8 nitrogen and oxygen atoms in total. The van der Waals surface area contributed by atoms with Crippen LogP contribution in [0.25, 0.3) is 10.2 Å². The third-order valence-electron chi connectivity index (χ3n) is 5.34. The summed E-state index contributed by atoms with van der Waals surface area (Å²) < 4.78 is 12.0. The number of carbonyl (C=O) groups excluding carboxylic acids is 2. The summed E-state index contributed by atoms with van der Waals surface area (Å²) in [5.41, 5.74) is 2.03. The summed E-state index contributed by atoms with van der Waals surface area (Å²) in [7, 11) is 1.53. The highest BCUT2D eigenvalue weighted by Crippen LogP contribution is 2.29. The first-order valence-electron chi connectivity index (χ1n) is 11.0. The summed E-state index contributed by atoms with van der Waals surface area (Å²) in [6.45, 7) is 5.54. The van der Waals surface area contributed by atoms with Gasteiger partial charge in [-0.05, 0) is 56.2 Å². The third kappa shape index (κ3) is 5.09. The number of benzene rings is 2. The number of esters is 1. The van der Waals surface area contributed by atoms with Gasteiger partial charge in [-0.25, -0.2) is 9.78 Å². The minimum atomic E-state index is -0.415. The molecule has 9 heteroatoms. The maximum Gasteiger partial charge on any atom is 0.338 e. The van der Waals surface area contributed by atoms with E-state index in [2.05, 4.69) is 10.3 Å². The van der Waals surface area contributed by atoms with Crippen molar-refractivity contribution in [3.05, 3.63) is 86.8 Å². The quantitative estimate of drug-likeness (QED) is 0.378. The van der Waals surface area contributed by atoms with Gasteiger partial charge in [-0.3, -0.25) is 14.2 Å². The van der Waals surface area contributed by atoms with Gasteiger partial charge in [0.2, 0.25) is 0 Å². The Hall–Kier alpha value is -3.98. The number of ether oxygens (including phenoxy) is 2. The molecule has 4 rings (SSSR count). The van der Waals surface area contributed by atoms with Gasteiger partial charge in [0.15, 0.2) is 0 Å². The van der Waals surface area contributed by atoms with Crippen molar-refractivity contribution >= 4 is 39.1 Å². The van der Waals surface area contributed by atoms with Gasteiger partial charge in [-0.15, -0.1) is 11.3 Å². The molecule has 0 aliphatic rings. The van der Waals surface area contributed by atoms with Crippen LogP contribution in [0.5, 0.6) is 5.75 Å². The Morgan fingerprint density at radius 1 is 1.14 bits per heavy atom. The number of anilines is 1. The number of amides is 1. The summed E-state index contributed by atoms with van der Waals surface area (Å²) in [5.74, 6) is -0.209. The van der Waals surface area contributed by atoms with Crippen molar-refractivity contribution in [1.29, 1.82) is 0 Å². The number of nitrogens with one attached hydrogen (secondary N) is 1. The van der Waals surface area contributed by atoms with Crippen LogP contribution < -0.4 is 15.6 Å². The van der Waals surface area contributed by atoms with E-state index in [0.717, 1.165) is 5.56 Å². The van der Waals surface area contributed by atoms with E-state index in [1.165, 1.54) is 29.3 Å². The van der Waals surface area contributed by atoms with E-state index < -0.39 is 5.97 Å². The average Bonchev–Trinajstić information content (AvgIpc) is 3.18. The molecule has 0 saturated carbocycles. The van der Waals surface area contributed by atoms with E-state index in [9.17, 15) is 14.4 Å². The van der Waals surface area contributed by atoms with E-state index in [1.807, 2.05) is 12.1 Å². The number of fused-ring (bicyclic) bond motifs is 1. The Bertz CT molecular complexity index is 1470. The minimum Gasteiger partial charge on any atom is -0.495 e. The molecule has 1 amide bonds. The van der Waals surface area contributed by atoms with Crippen LogP contribution in [0.4, 0.5) is 5.69 Å². The van der Waals surface area contributed by atoms with E-state index in [1.54, 1.807) is 57.2 Å². The molecular weight excluding hydrogens is 466 g/mol. The molecule has 0 unspecified atom stereocenters. The summed E-state index contributed by atoms with van der Waals surface area (Å²) in [5, 5.41) is 3.25. The van der Waals surface area contributed by atoms with E-state index in [4.69, 9.17) is 9.47 Å². The Morgan fingerprint density at radius 3 is 2.66 bits per heavy atom. The number of para-hydroxylation sites is 2. The molecule has 0 radical (unpaired) electrons. The monoisotopic (exact) mass is 491 g/mol. The Morgan fingerprint density at radius 2 is 1.91 bits per heavy atom. The number of methoxy groups -OCH3 is 1. The fourth-order valence-electron chi connectivity index (χ4n) is 3.69. The highest BCUT2D eigenvalue weighted by molar-refractivity contribution is 7.20. The largest absolute Gasteiger partial charge is 0.495 e. The fraction of sp³-hybridized carbons (Fsp3) is 0.231. The van der Waals surface area contributed by atoms with Gasteiger partial charge in [0.25, 0.3) is 11.5 Å². The molecule has 4 aromatic rings. The Labute approximate surface area is 206 Å². The summed E-state index contributed by atoms with van der Waals surface area (Å²) >= 11 is 1.17. The van der Waals surface area contributed by atoms with Crippen LogP contribution in [-0.2, 0) is 11.3 Å². The molecule has 1 N–H and O–H groups in total. The smallest absolute Gasteiger partial charge is 0.338 e. The normalized spacial score (nSPS) is 11.0. The third-order valence-corrected chi connectivity index (χ3v) is 6.54. The Kier molecular flexibility index (Phi) is 6.97. The molecule has 0 bridgehead atoms. The van der Waals surface area contributed by atoms with Crippen molar-refractivity contribution in [3.63, 3.8) is 0 Å². The van der Waals surface area contributed by atoms with Gasteiger partial charge in [0.1, 0.15) is 10.6 Å². The average molecular weight is 492 g/mol. The standard InChI is InChI=1S/C26H25N3O5S/c1-15(2)34-26(32)18-9-7-8-17(12-18)13-29-14-27-24-21(25(29)31)16(3)22(35-24)23(30)28-19-10-5-6-11-20(19)33-4/h5-12,14-15H,13H2,1-4H3,(H,28,30). The molecule has 2 heterocycles. The number of aryl methyl sites for hydroxylation is 1. The number of nitrogens with zero attached hydrogens (tertiary/aromatic N) is 2. The van der Waals surface area contributed by atoms with Gasteiger partial charge < -0.3 is 14.8 Å². The topological polar surface area (TPSA) is 99.5 Å². The zero-order valence-corrected chi connectivity index (χ0v) is 20.6. The second-order valence-electron chi connectivity index (χ2n) is 8.22. The SMILES string of the molecule is COc1ccccc1NC(=O)c1sc2ncn(Cc3cccc(C(=O)OC(C)C)c3)c(=O)c2c1C. The number of rotatable bonds is 7. The van der Waals surface area contributed by atoms with Crippen molar-refractivity contribution in [2.45, 2.75) is 33.4 Å². The molecule has 0 aliphatic carbocycles. The first-order chi connectivity index (χ1) is 16.8. The van der Waals surface area contributed by atoms with Crippen LogP contribution in [0.2, 0.25) is 0 Å². The zero-order chi connectivity index (χ0) is 25.1. The van der Waals surface area contributed by atoms with Gasteiger partial charge in [-0.2, -0.15) is 0 Å². The number of thiophene rings is 1. The second kappa shape index (κ2) is 10.1. The molecule has 2 aromatic carbocycles. The van der Waals surface area contributed by atoms with Gasteiger partial charge in [0, 0.05) is 0 Å². The molecule has 0 aliphatic heterocycles. The van der Waals surface area contributed by atoms with Crippen molar-refractivity contribution in [3.8, 4) is 5.75 Å². The minimum absolute atomic E-state index is 0.225. The molecule has 0 saturated heterocycles. The molecule has 0 fully saturated rings. The Balaban J connectivity index is 1.63. The van der Waals surface area contributed by atoms with E-state index in [0.29, 0.717) is 37.7 Å². The van der Waals surface area contributed by atoms with Crippen molar-refractivity contribution < 1.29 is 19.1 Å². The number of aromatic nitrogens is 2. The van der Waals surface area contributed by atoms with Gasteiger partial charge in [-0.1, -0.05) is 24.3 Å². The van der Waals surface area contributed by atoms with Crippen LogP contribution >= 0.6 is 11.3 Å². The number of carbonyl (C=O) groups is 2. The lowest BCUT2D eigenvalue weighted by molar-refractivity contribution is 0.0377. The first-order valence-corrected chi connectivity index (χ1v) is 11.8. The second-order valence-corrected chi connectivity index (χ2v) is 9.22. The predicted molar refractivity (Wildman–Crippen MR) is 136 cm³/mol. The first kappa shape index (κ1) is 24.2. The molecule has 0 spiro atoms. The van der Waals surface area contributed by atoms with Crippen molar-refractivity contribution in [2.75, 3.05) is 12.4 Å². The molecule has 35 heavy (non-hydrogen) atoms. The molecular formula is C26H25N3O5S. The van der Waals surface area contributed by atoms with Crippen LogP contribution in [0.3, 0.4) is 0 Å². The van der Waals surface area contributed by atoms with Crippen LogP contribution in [-0.4, -0.2) is 34.6 Å². The lowest BCUT2D eigenvalue weighted by Gasteiger charge is -2.10. The van der Waals surface area contributed by atoms with Crippen molar-refractivity contribution in [1.82, 2.24) is 9.55 Å². The van der Waals surface area contributed by atoms with Gasteiger partial charge in [0.05, 0.1) is 47.6 Å². The summed E-state index contributed by atoms with van der Waals surface area (Å²) in [6.07, 6.45) is 1.23. The van der Waals surface area contributed by atoms with Crippen LogP contribution in [0.15, 0.2) is 59.7 Å². The van der Waals surface area contributed by atoms with Crippen LogP contribution in [0.1, 0.15) is 45.0 Å². The molecule has 2 aromatic heterocycles. The van der Waals surface area contributed by atoms with E-state index in [-0.39, 0.29) is 24.1 Å². The predicted octanol–water partition coefficient (Wildman–Crippen LogP) is 4.64. The number of hydrogen-bond acceptors (Lipinski definition) is 7. The fourth-order valence-corrected chi connectivity index (χ4v) is 4.73. The zero-order valence-electron chi connectivity index (χ0n) is 19.8. The summed E-state index contributed by atoms with van der Waals surface area (Å²) in [4.78, 5) is 43.9. The number of hydrogen-bond donors (Lipinski definition) is 1. The van der Waals surface area contributed by atoms with Crippen molar-refractivity contribution in [2.24, 2.45) is 0 Å². The maximum atomic E-state index is 13.3. The lowest BCUT2D eigenvalue weighted by Crippen LogP contribution is -2.21. The van der Waals surface area contributed by atoms with E-state index >= 15 is 0 Å². The van der Waals surface area contributed by atoms with Crippen LogP contribution in [0, 0.1) is 6.92 Å². The molecule has 180 valence electrons. The highest BCUT2D eigenvalue weighted by Gasteiger charge is 2.20. The lowest BCUT2D eigenvalue weighted by atomic mass is 10.1. The van der Waals surface area contributed by atoms with Gasteiger partial charge >= 0.3 is 5.97 Å².